The van der Waals surface area contributed by atoms with E-state index in [-0.39, 0.29) is 30.0 Å². The standard InChI is InChI=1S/C9H12N2O3.C9H11NO3/c10-6-3-5(1-2-8(6)12)4-7(11)9(13)14;10-8(9(12)13)5-6-1-3-7(11)4-2-6/h1-3,7,12H,4,10-11H2,(H,13,14);1-4,8,11H,5,10H2,(H,12,13)/t7-;/m0./s1. The zero-order valence-corrected chi connectivity index (χ0v) is 14.4. The van der Waals surface area contributed by atoms with Gasteiger partial charge in [0.1, 0.15) is 23.6 Å². The summed E-state index contributed by atoms with van der Waals surface area (Å²) in [6.45, 7) is 0. The highest BCUT2D eigenvalue weighted by Gasteiger charge is 2.12. The fourth-order valence-corrected chi connectivity index (χ4v) is 2.05. The second-order valence-corrected chi connectivity index (χ2v) is 5.86. The Morgan fingerprint density at radius 3 is 1.70 bits per heavy atom. The fraction of sp³-hybridized carbons (Fsp3) is 0.222. The molecule has 2 atom stereocenters. The lowest BCUT2D eigenvalue weighted by Crippen LogP contribution is -2.32. The second-order valence-electron chi connectivity index (χ2n) is 5.86. The number of nitrogens with two attached hydrogens (primary N) is 3. The average Bonchev–Trinajstić information content (AvgIpc) is 2.60. The van der Waals surface area contributed by atoms with E-state index < -0.39 is 24.0 Å². The average molecular weight is 377 g/mol. The number of hydrogen-bond acceptors (Lipinski definition) is 7. The molecule has 27 heavy (non-hydrogen) atoms. The van der Waals surface area contributed by atoms with Crippen LogP contribution in [-0.4, -0.2) is 44.4 Å². The third kappa shape index (κ3) is 7.63. The number of aromatic hydroxyl groups is 2. The van der Waals surface area contributed by atoms with Gasteiger partial charge in [0.15, 0.2) is 0 Å². The van der Waals surface area contributed by atoms with Gasteiger partial charge in [-0.1, -0.05) is 18.2 Å². The Morgan fingerprint density at radius 1 is 0.815 bits per heavy atom. The summed E-state index contributed by atoms with van der Waals surface area (Å²) in [5.41, 5.74) is 17.8. The summed E-state index contributed by atoms with van der Waals surface area (Å²) in [5.74, 6) is -1.94. The maximum Gasteiger partial charge on any atom is 0.320 e. The third-order valence-electron chi connectivity index (χ3n) is 3.57. The third-order valence-corrected chi connectivity index (χ3v) is 3.57. The lowest BCUT2D eigenvalue weighted by Gasteiger charge is -2.07. The highest BCUT2D eigenvalue weighted by Crippen LogP contribution is 2.20. The molecule has 0 fully saturated rings. The van der Waals surface area contributed by atoms with Crippen molar-refractivity contribution >= 4 is 17.6 Å². The minimum absolute atomic E-state index is 0.0161. The molecular formula is C18H23N3O6. The predicted molar refractivity (Wildman–Crippen MR) is 99.3 cm³/mol. The molecule has 0 radical (unpaired) electrons. The summed E-state index contributed by atoms with van der Waals surface area (Å²) < 4.78 is 0. The van der Waals surface area contributed by atoms with Crippen molar-refractivity contribution in [2.24, 2.45) is 11.5 Å². The van der Waals surface area contributed by atoms with Gasteiger partial charge < -0.3 is 37.6 Å². The molecule has 1 unspecified atom stereocenters. The van der Waals surface area contributed by atoms with Gasteiger partial charge in [0.25, 0.3) is 0 Å². The van der Waals surface area contributed by atoms with Gasteiger partial charge in [-0.25, -0.2) is 0 Å². The van der Waals surface area contributed by atoms with Crippen LogP contribution < -0.4 is 17.2 Å². The first-order valence-corrected chi connectivity index (χ1v) is 7.92. The smallest absolute Gasteiger partial charge is 0.320 e. The minimum atomic E-state index is -1.06. The molecule has 0 heterocycles. The zero-order chi connectivity index (χ0) is 20.6. The molecule has 0 saturated carbocycles. The lowest BCUT2D eigenvalue weighted by molar-refractivity contribution is -0.139. The van der Waals surface area contributed by atoms with Crippen LogP contribution in [0.5, 0.6) is 11.5 Å². The van der Waals surface area contributed by atoms with E-state index in [0.29, 0.717) is 5.56 Å². The Hall–Kier alpha value is -3.30. The molecule has 2 aromatic carbocycles. The fourth-order valence-electron chi connectivity index (χ4n) is 2.05. The van der Waals surface area contributed by atoms with E-state index in [9.17, 15) is 9.59 Å². The van der Waals surface area contributed by atoms with Gasteiger partial charge in [0.05, 0.1) is 5.69 Å². The highest BCUT2D eigenvalue weighted by molar-refractivity contribution is 5.74. The van der Waals surface area contributed by atoms with E-state index >= 15 is 0 Å². The SMILES string of the molecule is NC(Cc1ccc(O)cc1)C(=O)O.Nc1cc(C[C@H](N)C(=O)O)ccc1O. The van der Waals surface area contributed by atoms with Crippen LogP contribution in [0.1, 0.15) is 11.1 Å². The van der Waals surface area contributed by atoms with E-state index in [0.717, 1.165) is 5.56 Å². The minimum Gasteiger partial charge on any atom is -0.508 e. The number of carboxylic acid groups (broad SMARTS) is 2. The number of anilines is 1. The van der Waals surface area contributed by atoms with Crippen LogP contribution in [0, 0.1) is 0 Å². The Morgan fingerprint density at radius 2 is 1.26 bits per heavy atom. The van der Waals surface area contributed by atoms with Crippen molar-refractivity contribution in [1.82, 2.24) is 0 Å². The van der Waals surface area contributed by atoms with Crippen LogP contribution in [0.25, 0.3) is 0 Å². The molecule has 0 aromatic heterocycles. The van der Waals surface area contributed by atoms with Crippen LogP contribution in [0.15, 0.2) is 42.5 Å². The first kappa shape index (κ1) is 21.7. The van der Waals surface area contributed by atoms with E-state index in [2.05, 4.69) is 0 Å². The normalized spacial score (nSPS) is 12.4. The van der Waals surface area contributed by atoms with Crippen LogP contribution >= 0.6 is 0 Å². The summed E-state index contributed by atoms with van der Waals surface area (Å²) in [6, 6.07) is 9.00. The molecule has 0 bridgehead atoms. The summed E-state index contributed by atoms with van der Waals surface area (Å²) in [6.07, 6.45) is 0.468. The molecule has 9 heteroatoms. The second kappa shape index (κ2) is 10.00. The maximum absolute atomic E-state index is 10.4. The number of phenols is 2. The van der Waals surface area contributed by atoms with Crippen LogP contribution in [0.3, 0.4) is 0 Å². The number of hydrogen-bond donors (Lipinski definition) is 7. The van der Waals surface area contributed by atoms with Crippen molar-refractivity contribution in [3.63, 3.8) is 0 Å². The van der Waals surface area contributed by atoms with E-state index in [1.165, 1.54) is 24.3 Å². The summed E-state index contributed by atoms with van der Waals surface area (Å²) in [4.78, 5) is 20.8. The summed E-state index contributed by atoms with van der Waals surface area (Å²) in [5, 5.41) is 35.2. The predicted octanol–water partition coefficient (Wildman–Crippen LogP) is 0.275. The summed E-state index contributed by atoms with van der Waals surface area (Å²) >= 11 is 0. The molecule has 0 amide bonds. The highest BCUT2D eigenvalue weighted by atomic mass is 16.4. The monoisotopic (exact) mass is 377 g/mol. The molecule has 0 aliphatic carbocycles. The van der Waals surface area contributed by atoms with Crippen molar-refractivity contribution in [2.45, 2.75) is 24.9 Å². The molecule has 0 aliphatic rings. The molecule has 146 valence electrons. The van der Waals surface area contributed by atoms with Crippen LogP contribution in [0.2, 0.25) is 0 Å². The van der Waals surface area contributed by atoms with E-state index in [1.54, 1.807) is 18.2 Å². The topological polar surface area (TPSA) is 193 Å². The molecule has 10 N–H and O–H groups in total. The molecule has 0 spiro atoms. The van der Waals surface area contributed by atoms with Crippen LogP contribution in [-0.2, 0) is 22.4 Å². The van der Waals surface area contributed by atoms with Gasteiger partial charge >= 0.3 is 11.9 Å². The van der Waals surface area contributed by atoms with Gasteiger partial charge in [0.2, 0.25) is 0 Å². The molecule has 2 aromatic rings. The molecular weight excluding hydrogens is 354 g/mol. The quantitative estimate of drug-likeness (QED) is 0.273. The van der Waals surface area contributed by atoms with Gasteiger partial charge in [-0.3, -0.25) is 9.59 Å². The van der Waals surface area contributed by atoms with Crippen molar-refractivity contribution in [3.8, 4) is 11.5 Å². The molecule has 0 aliphatic heterocycles. The zero-order valence-electron chi connectivity index (χ0n) is 14.4. The van der Waals surface area contributed by atoms with Gasteiger partial charge in [-0.2, -0.15) is 0 Å². The number of nitrogen functional groups attached to an aromatic ring is 1. The number of carbonyl (C=O) groups is 2. The van der Waals surface area contributed by atoms with Crippen molar-refractivity contribution in [2.75, 3.05) is 5.73 Å². The van der Waals surface area contributed by atoms with Crippen molar-refractivity contribution in [3.05, 3.63) is 53.6 Å². The first-order chi connectivity index (χ1) is 12.6. The first-order valence-electron chi connectivity index (χ1n) is 7.92. The Bertz CT molecular complexity index is 779. The molecule has 2 rings (SSSR count). The largest absolute Gasteiger partial charge is 0.508 e. The number of benzene rings is 2. The van der Waals surface area contributed by atoms with Crippen molar-refractivity contribution in [1.29, 1.82) is 0 Å². The number of aliphatic carboxylic acids is 2. The van der Waals surface area contributed by atoms with E-state index in [1.807, 2.05) is 0 Å². The summed E-state index contributed by atoms with van der Waals surface area (Å²) in [7, 11) is 0. The van der Waals surface area contributed by atoms with Gasteiger partial charge in [-0.05, 0) is 48.2 Å². The Balaban J connectivity index is 0.000000271. The molecule has 9 nitrogen and oxygen atoms in total. The lowest BCUT2D eigenvalue weighted by atomic mass is 10.1. The number of rotatable bonds is 6. The van der Waals surface area contributed by atoms with E-state index in [4.69, 9.17) is 37.6 Å². The van der Waals surface area contributed by atoms with Crippen LogP contribution in [0.4, 0.5) is 5.69 Å². The number of carboxylic acids is 2. The van der Waals surface area contributed by atoms with Gasteiger partial charge in [-0.15, -0.1) is 0 Å². The maximum atomic E-state index is 10.4. The molecule has 0 saturated heterocycles. The Kier molecular flexibility index (Phi) is 8.05. The van der Waals surface area contributed by atoms with Crippen molar-refractivity contribution < 1.29 is 30.0 Å². The Labute approximate surface area is 155 Å². The number of phenolic OH excluding ortho intramolecular Hbond substituents is 2. The van der Waals surface area contributed by atoms with Gasteiger partial charge in [0, 0.05) is 0 Å².